The highest BCUT2D eigenvalue weighted by Crippen LogP contribution is 2.62. The van der Waals surface area contributed by atoms with Crippen molar-refractivity contribution in [1.29, 1.82) is 0 Å². The first-order valence-corrected chi connectivity index (χ1v) is 12.6. The van der Waals surface area contributed by atoms with E-state index < -0.39 is 67.7 Å². The summed E-state index contributed by atoms with van der Waals surface area (Å²) in [6.45, 7) is -0.0228. The molecule has 5 nitrogen and oxygen atoms in total. The summed E-state index contributed by atoms with van der Waals surface area (Å²) in [5.74, 6) is -38.3. The lowest BCUT2D eigenvalue weighted by Gasteiger charge is -2.39. The Morgan fingerprint density at radius 1 is 0.667 bits per heavy atom. The maximum absolute atomic E-state index is 14.3. The van der Waals surface area contributed by atoms with Gasteiger partial charge in [0.2, 0.25) is 0 Å². The molecule has 0 saturated carbocycles. The van der Waals surface area contributed by atoms with Crippen LogP contribution < -0.4 is 4.74 Å². The standard InChI is InChI=1S/C23H17F13O5S/c24-18(25,19(26,27)20(28,29)21(30,31)22(32,33)23(34,35)36)14-6-4-13(5-7-14)17(37)3-1-2-12-41-15-8-10-16(11-9-15)42(38,39)40/h4-11H,1-3,12H2,(H,38,39,40). The smallest absolute Gasteiger partial charge is 0.460 e. The normalized spacial score (nSPS) is 14.1. The van der Waals surface area contributed by atoms with E-state index in [2.05, 4.69) is 0 Å². The number of carbonyl (C=O) groups is 1. The van der Waals surface area contributed by atoms with Crippen molar-refractivity contribution in [1.82, 2.24) is 0 Å². The lowest BCUT2D eigenvalue weighted by Crippen LogP contribution is -2.69. The van der Waals surface area contributed by atoms with Crippen LogP contribution in [0.25, 0.3) is 0 Å². The molecule has 2 rings (SSSR count). The highest BCUT2D eigenvalue weighted by Gasteiger charge is 2.90. The van der Waals surface area contributed by atoms with Gasteiger partial charge in [-0.1, -0.05) is 24.3 Å². The van der Waals surface area contributed by atoms with Crippen molar-refractivity contribution in [3.8, 4) is 5.75 Å². The topological polar surface area (TPSA) is 80.7 Å². The number of rotatable bonds is 13. The fourth-order valence-corrected chi connectivity index (χ4v) is 3.73. The second kappa shape index (κ2) is 11.5. The molecule has 1 N–H and O–H groups in total. The van der Waals surface area contributed by atoms with Crippen molar-refractivity contribution in [2.24, 2.45) is 0 Å². The Morgan fingerprint density at radius 3 is 1.60 bits per heavy atom. The number of hydrogen-bond acceptors (Lipinski definition) is 4. The van der Waals surface area contributed by atoms with Gasteiger partial charge in [0, 0.05) is 17.5 Å². The number of alkyl halides is 13. The molecule has 2 aromatic rings. The van der Waals surface area contributed by atoms with E-state index in [1.165, 1.54) is 12.1 Å². The zero-order chi connectivity index (χ0) is 32.6. The van der Waals surface area contributed by atoms with E-state index in [9.17, 15) is 70.3 Å². The minimum absolute atomic E-state index is 0.0228. The Hall–Kier alpha value is -3.09. The van der Waals surface area contributed by atoms with Gasteiger partial charge in [0.1, 0.15) is 5.75 Å². The predicted octanol–water partition coefficient (Wildman–Crippen LogP) is 7.56. The van der Waals surface area contributed by atoms with E-state index in [1.54, 1.807) is 0 Å². The number of unbranched alkanes of at least 4 members (excludes halogenated alkanes) is 1. The maximum atomic E-state index is 14.3. The molecule has 0 unspecified atom stereocenters. The summed E-state index contributed by atoms with van der Waals surface area (Å²) in [6, 6.07) is 5.14. The number of carbonyl (C=O) groups excluding carboxylic acids is 1. The minimum Gasteiger partial charge on any atom is -0.494 e. The van der Waals surface area contributed by atoms with Gasteiger partial charge in [0.25, 0.3) is 10.1 Å². The summed E-state index contributed by atoms with van der Waals surface area (Å²) in [5.41, 5.74) is -2.65. The Labute approximate surface area is 228 Å². The molecule has 0 aliphatic rings. The Kier molecular flexibility index (Phi) is 9.64. The van der Waals surface area contributed by atoms with Gasteiger partial charge in [0.15, 0.2) is 5.78 Å². The molecule has 236 valence electrons. The van der Waals surface area contributed by atoms with Gasteiger partial charge in [-0.3, -0.25) is 9.35 Å². The van der Waals surface area contributed by atoms with Gasteiger partial charge in [-0.2, -0.15) is 65.5 Å². The number of hydrogen-bond donors (Lipinski definition) is 1. The van der Waals surface area contributed by atoms with Crippen molar-refractivity contribution in [3.63, 3.8) is 0 Å². The first-order chi connectivity index (χ1) is 18.8. The molecule has 0 spiro atoms. The fraction of sp³-hybridized carbons (Fsp3) is 0.435. The average Bonchev–Trinajstić information content (AvgIpc) is 2.87. The van der Waals surface area contributed by atoms with Crippen molar-refractivity contribution in [2.75, 3.05) is 6.61 Å². The quantitative estimate of drug-likeness (QED) is 0.105. The van der Waals surface area contributed by atoms with Crippen LogP contribution in [0.15, 0.2) is 53.4 Å². The molecule has 0 radical (unpaired) electrons. The van der Waals surface area contributed by atoms with Crippen LogP contribution in [0, 0.1) is 0 Å². The van der Waals surface area contributed by atoms with Crippen LogP contribution in [0.5, 0.6) is 5.75 Å². The van der Waals surface area contributed by atoms with Crippen LogP contribution in [-0.2, 0) is 16.0 Å². The zero-order valence-electron chi connectivity index (χ0n) is 20.3. The van der Waals surface area contributed by atoms with Crippen molar-refractivity contribution >= 4 is 15.9 Å². The second-order valence-corrected chi connectivity index (χ2v) is 10.0. The van der Waals surface area contributed by atoms with E-state index in [1.807, 2.05) is 0 Å². The lowest BCUT2D eigenvalue weighted by molar-refractivity contribution is -0.441. The average molecular weight is 652 g/mol. The summed E-state index contributed by atoms with van der Waals surface area (Å²) in [6.07, 6.45) is -7.56. The van der Waals surface area contributed by atoms with Crippen LogP contribution in [-0.4, -0.2) is 55.2 Å². The molecule has 0 saturated heterocycles. The molecule has 0 amide bonds. The van der Waals surface area contributed by atoms with Crippen LogP contribution in [0.2, 0.25) is 0 Å². The Balaban J connectivity index is 2.07. The third-order valence-electron chi connectivity index (χ3n) is 5.69. The van der Waals surface area contributed by atoms with Crippen LogP contribution in [0.4, 0.5) is 57.1 Å². The van der Waals surface area contributed by atoms with Crippen molar-refractivity contribution in [2.45, 2.75) is 59.9 Å². The van der Waals surface area contributed by atoms with Gasteiger partial charge >= 0.3 is 35.8 Å². The van der Waals surface area contributed by atoms with Gasteiger partial charge in [-0.25, -0.2) is 0 Å². The van der Waals surface area contributed by atoms with Crippen LogP contribution in [0.3, 0.4) is 0 Å². The molecule has 19 heteroatoms. The molecule has 0 heterocycles. The molecular weight excluding hydrogens is 635 g/mol. The molecule has 0 atom stereocenters. The van der Waals surface area contributed by atoms with E-state index in [4.69, 9.17) is 9.29 Å². The molecular formula is C23H17F13O5S. The maximum Gasteiger partial charge on any atom is 0.460 e. The molecule has 0 aliphatic heterocycles. The van der Waals surface area contributed by atoms with E-state index in [0.29, 0.717) is 12.1 Å². The first kappa shape index (κ1) is 35.1. The number of benzene rings is 2. The zero-order valence-corrected chi connectivity index (χ0v) is 21.2. The molecule has 0 aromatic heterocycles. The summed E-state index contributed by atoms with van der Waals surface area (Å²) in [5, 5.41) is 0. The number of ketones is 1. The van der Waals surface area contributed by atoms with Crippen molar-refractivity contribution in [3.05, 3.63) is 59.7 Å². The van der Waals surface area contributed by atoms with E-state index in [-0.39, 0.29) is 43.8 Å². The summed E-state index contributed by atoms with van der Waals surface area (Å²) in [4.78, 5) is 11.8. The molecule has 0 fully saturated rings. The molecule has 0 bridgehead atoms. The summed E-state index contributed by atoms with van der Waals surface area (Å²) >= 11 is 0. The highest BCUT2D eigenvalue weighted by molar-refractivity contribution is 7.85. The van der Waals surface area contributed by atoms with Gasteiger partial charge < -0.3 is 4.74 Å². The lowest BCUT2D eigenvalue weighted by atomic mass is 9.90. The number of halogens is 13. The summed E-state index contributed by atoms with van der Waals surface area (Å²) < 4.78 is 209. The van der Waals surface area contributed by atoms with Crippen LogP contribution in [0.1, 0.15) is 35.2 Å². The second-order valence-electron chi connectivity index (χ2n) is 8.62. The minimum atomic E-state index is -8.01. The summed E-state index contributed by atoms with van der Waals surface area (Å²) in [7, 11) is -4.43. The van der Waals surface area contributed by atoms with Crippen LogP contribution >= 0.6 is 0 Å². The van der Waals surface area contributed by atoms with Gasteiger partial charge in [-0.05, 0) is 37.1 Å². The molecule has 42 heavy (non-hydrogen) atoms. The SMILES string of the molecule is O=C(CCCCOc1ccc(S(=O)(=O)O)cc1)c1ccc(C(F)(F)C(F)(F)C(F)(F)C(F)(F)C(F)(F)C(F)(F)F)cc1. The van der Waals surface area contributed by atoms with Crippen molar-refractivity contribution < 1.29 is 79.6 Å². The Morgan fingerprint density at radius 2 is 1.14 bits per heavy atom. The Bertz CT molecular complexity index is 1350. The number of Topliss-reactive ketones (excluding diaryl/α,β-unsaturated/α-hetero) is 1. The molecule has 2 aromatic carbocycles. The predicted molar refractivity (Wildman–Crippen MR) is 116 cm³/mol. The number of ether oxygens (including phenoxy) is 1. The monoisotopic (exact) mass is 652 g/mol. The van der Waals surface area contributed by atoms with E-state index in [0.717, 1.165) is 12.1 Å². The fourth-order valence-electron chi connectivity index (χ4n) is 3.25. The molecule has 0 aliphatic carbocycles. The first-order valence-electron chi connectivity index (χ1n) is 11.1. The van der Waals surface area contributed by atoms with E-state index >= 15 is 0 Å². The highest BCUT2D eigenvalue weighted by atomic mass is 32.2. The van der Waals surface area contributed by atoms with Gasteiger partial charge in [0.05, 0.1) is 11.5 Å². The van der Waals surface area contributed by atoms with Gasteiger partial charge in [-0.15, -0.1) is 0 Å². The third kappa shape index (κ3) is 6.45. The largest absolute Gasteiger partial charge is 0.494 e. The third-order valence-corrected chi connectivity index (χ3v) is 6.56.